The zero-order valence-corrected chi connectivity index (χ0v) is 57.5. The van der Waals surface area contributed by atoms with E-state index in [1.165, 1.54) is 182 Å². The molecule has 9 atom stereocenters. The molecule has 0 bridgehead atoms. The second-order valence-corrected chi connectivity index (χ2v) is 25.7. The van der Waals surface area contributed by atoms with Crippen LogP contribution in [0.1, 0.15) is 63.8 Å². The van der Waals surface area contributed by atoms with Crippen molar-refractivity contribution < 1.29 is 89.1 Å². The highest BCUT2D eigenvalue weighted by atomic mass is 16.4. The van der Waals surface area contributed by atoms with Gasteiger partial charge in [-0.25, -0.2) is 4.79 Å². The van der Waals surface area contributed by atoms with Crippen LogP contribution in [0.15, 0.2) is 194 Å². The topological polar surface area (TPSA) is 484 Å². The minimum Gasteiger partial charge on any atom is -0.508 e. The first kappa shape index (κ1) is 79.0. The fourth-order valence-electron chi connectivity index (χ4n) is 11.5. The van der Waals surface area contributed by atoms with E-state index in [2.05, 4.69) is 42.5 Å². The first-order chi connectivity index (χ1) is 50.7. The minimum absolute atomic E-state index is 0.00835. The van der Waals surface area contributed by atoms with Gasteiger partial charge in [-0.05, 0) is 174 Å². The van der Waals surface area contributed by atoms with Gasteiger partial charge in [-0.2, -0.15) is 0 Å². The largest absolute Gasteiger partial charge is 0.508 e. The standard InChI is InChI=1S/C78H86N10O18/c79-36-2-1-3-62(78(105)106)81-71(98)64(39-47-8-24-55(91)25-9-47)83-73(100)66(41-49-12-28-57(93)29-13-49)85-75(102)68(43-51-16-32-59(95)33-17-51)87-77(104)69(44-52-18-34-60(96)35-19-52)88-76(103)67(42-50-14-30-58(94)31-15-50)86-74(101)65(40-48-10-26-56(92)27-11-48)84-72(99)63(38-46-6-22-54(90)23-7-46)82-70(97)61(80)37-45-4-20-53(89)21-5-45/h4-35,61-69,89-96H,1-3,36-44,79-80H2,(H,81,98)(H,82,97)(H,83,100)(H,84,99)(H,85,102)(H,86,101)(H,87,104)(H,88,103)(H,105,106)/t61-,62-,63+,64+,65-,66-,67+,68+,69-/m0/s1. The predicted octanol–water partition coefficient (Wildman–Crippen LogP) is 2.99. The second kappa shape index (κ2) is 38.5. The van der Waals surface area contributed by atoms with E-state index in [1.54, 1.807) is 12.1 Å². The number of aliphatic carboxylic acids is 1. The number of nitrogens with one attached hydrogen (secondary N) is 8. The lowest BCUT2D eigenvalue weighted by molar-refractivity contribution is -0.142. The van der Waals surface area contributed by atoms with Gasteiger partial charge in [0.05, 0.1) is 6.04 Å². The maximum Gasteiger partial charge on any atom is 0.326 e. The quantitative estimate of drug-likeness (QED) is 0.0249. The third kappa shape index (κ3) is 25.1. The van der Waals surface area contributed by atoms with Crippen molar-refractivity contribution in [3.8, 4) is 46.0 Å². The number of aromatic hydroxyl groups is 8. The number of carbonyl (C=O) groups is 9. The number of rotatable bonds is 37. The number of amides is 8. The van der Waals surface area contributed by atoms with Gasteiger partial charge in [0.1, 0.15) is 94.3 Å². The highest BCUT2D eigenvalue weighted by Gasteiger charge is 2.37. The summed E-state index contributed by atoms with van der Waals surface area (Å²) >= 11 is 0. The molecule has 0 aliphatic rings. The van der Waals surface area contributed by atoms with E-state index in [9.17, 15) is 69.9 Å². The van der Waals surface area contributed by atoms with Gasteiger partial charge < -0.3 is 100.0 Å². The van der Waals surface area contributed by atoms with Crippen molar-refractivity contribution in [1.29, 1.82) is 0 Å². The molecule has 0 aliphatic carbocycles. The number of carboxylic acids is 1. The fraction of sp³-hybridized carbons (Fsp3) is 0.269. The van der Waals surface area contributed by atoms with Crippen LogP contribution in [0.2, 0.25) is 0 Å². The third-order valence-corrected chi connectivity index (χ3v) is 17.4. The van der Waals surface area contributed by atoms with Gasteiger partial charge in [-0.3, -0.25) is 38.4 Å². The summed E-state index contributed by atoms with van der Waals surface area (Å²) in [6.45, 7) is 0.258. The Labute approximate surface area is 609 Å². The first-order valence-corrected chi connectivity index (χ1v) is 34.1. The van der Waals surface area contributed by atoms with E-state index in [-0.39, 0.29) is 110 Å². The van der Waals surface area contributed by atoms with Crippen molar-refractivity contribution in [3.63, 3.8) is 0 Å². The van der Waals surface area contributed by atoms with E-state index < -0.39 is 108 Å². The van der Waals surface area contributed by atoms with Crippen LogP contribution in [0, 0.1) is 0 Å². The summed E-state index contributed by atoms with van der Waals surface area (Å²) in [6.07, 6.45) is -1.34. The smallest absolute Gasteiger partial charge is 0.326 e. The van der Waals surface area contributed by atoms with Crippen LogP contribution >= 0.6 is 0 Å². The highest BCUT2D eigenvalue weighted by Crippen LogP contribution is 2.21. The summed E-state index contributed by atoms with van der Waals surface area (Å²) in [5.41, 5.74) is 15.4. The van der Waals surface area contributed by atoms with Gasteiger partial charge in [0.25, 0.3) is 0 Å². The lowest BCUT2D eigenvalue weighted by Gasteiger charge is -2.29. The summed E-state index contributed by atoms with van der Waals surface area (Å²) in [5, 5.41) is 113. The van der Waals surface area contributed by atoms with E-state index in [0.29, 0.717) is 57.3 Å². The molecule has 0 aliphatic heterocycles. The van der Waals surface area contributed by atoms with E-state index in [1.807, 2.05) is 0 Å². The molecule has 0 radical (unpaired) electrons. The molecule has 0 unspecified atom stereocenters. The normalized spacial score (nSPS) is 13.6. The molecule has 0 saturated heterocycles. The van der Waals surface area contributed by atoms with Crippen LogP contribution in [-0.4, -0.2) is 160 Å². The molecule has 106 heavy (non-hydrogen) atoms. The Morgan fingerprint density at radius 3 is 0.575 bits per heavy atom. The van der Waals surface area contributed by atoms with Crippen LogP contribution in [0.5, 0.6) is 46.0 Å². The number of carboxylic acid groups (broad SMARTS) is 1. The Hall–Kier alpha value is -12.7. The van der Waals surface area contributed by atoms with Crippen molar-refractivity contribution in [1.82, 2.24) is 42.5 Å². The molecule has 8 rings (SSSR count). The maximum absolute atomic E-state index is 15.4. The Balaban J connectivity index is 1.12. The number of carbonyl (C=O) groups excluding carboxylic acids is 8. The molecular weight excluding hydrogens is 1360 g/mol. The predicted molar refractivity (Wildman–Crippen MR) is 388 cm³/mol. The van der Waals surface area contributed by atoms with Crippen LogP contribution in [0.3, 0.4) is 0 Å². The molecule has 556 valence electrons. The summed E-state index contributed by atoms with van der Waals surface area (Å²) in [7, 11) is 0. The highest BCUT2D eigenvalue weighted by molar-refractivity contribution is 5.99. The van der Waals surface area contributed by atoms with Crippen molar-refractivity contribution in [2.75, 3.05) is 6.54 Å². The van der Waals surface area contributed by atoms with Gasteiger partial charge in [0, 0.05) is 44.9 Å². The number of benzene rings is 8. The Bertz CT molecular complexity index is 4270. The van der Waals surface area contributed by atoms with Crippen molar-refractivity contribution in [2.45, 2.75) is 125 Å². The van der Waals surface area contributed by atoms with Crippen LogP contribution in [-0.2, 0) is 94.5 Å². The average Bonchev–Trinajstić information content (AvgIpc) is 0.841. The molecule has 0 saturated carbocycles. The monoisotopic (exact) mass is 1450 g/mol. The van der Waals surface area contributed by atoms with Crippen molar-refractivity contribution >= 4 is 53.2 Å². The number of hydrogen-bond donors (Lipinski definition) is 19. The molecule has 8 aromatic carbocycles. The Kier molecular flexibility index (Phi) is 28.7. The Morgan fingerprint density at radius 1 is 0.245 bits per heavy atom. The molecule has 8 amide bonds. The number of phenols is 8. The number of phenolic OH excluding ortho intramolecular Hbond substituents is 8. The van der Waals surface area contributed by atoms with Crippen LogP contribution in [0.25, 0.3) is 0 Å². The molecular formula is C78H86N10O18. The van der Waals surface area contributed by atoms with Crippen molar-refractivity contribution in [3.05, 3.63) is 239 Å². The second-order valence-electron chi connectivity index (χ2n) is 25.7. The van der Waals surface area contributed by atoms with Crippen LogP contribution in [0.4, 0.5) is 0 Å². The number of nitrogens with two attached hydrogens (primary N) is 2. The number of hydrogen-bond acceptors (Lipinski definition) is 19. The first-order valence-electron chi connectivity index (χ1n) is 34.1. The summed E-state index contributed by atoms with van der Waals surface area (Å²) in [6, 6.07) is 31.6. The zero-order valence-electron chi connectivity index (χ0n) is 57.5. The molecule has 8 aromatic rings. The van der Waals surface area contributed by atoms with Gasteiger partial charge in [-0.15, -0.1) is 0 Å². The van der Waals surface area contributed by atoms with Gasteiger partial charge in [-0.1, -0.05) is 97.1 Å². The molecule has 21 N–H and O–H groups in total. The lowest BCUT2D eigenvalue weighted by Crippen LogP contribution is -2.61. The van der Waals surface area contributed by atoms with Crippen molar-refractivity contribution in [2.24, 2.45) is 11.5 Å². The average molecular weight is 1450 g/mol. The van der Waals surface area contributed by atoms with Gasteiger partial charge in [0.15, 0.2) is 0 Å². The fourth-order valence-corrected chi connectivity index (χ4v) is 11.5. The molecule has 0 fully saturated rings. The van der Waals surface area contributed by atoms with E-state index >= 15 is 19.2 Å². The van der Waals surface area contributed by atoms with E-state index in [4.69, 9.17) is 11.5 Å². The summed E-state index contributed by atoms with van der Waals surface area (Å²) < 4.78 is 0. The van der Waals surface area contributed by atoms with Crippen LogP contribution < -0.4 is 54.0 Å². The molecule has 28 nitrogen and oxygen atoms in total. The summed E-state index contributed by atoms with van der Waals surface area (Å²) in [4.78, 5) is 132. The molecule has 0 heterocycles. The third-order valence-electron chi connectivity index (χ3n) is 17.4. The SMILES string of the molecule is NCCCC[C@H](NC(=O)[C@@H](Cc1ccc(O)cc1)NC(=O)[C@H](Cc1ccc(O)cc1)NC(=O)[C@@H](Cc1ccc(O)cc1)NC(=O)[C@H](Cc1ccc(O)cc1)NC(=O)[C@@H](Cc1ccc(O)cc1)NC(=O)[C@H](Cc1ccc(O)cc1)NC(=O)[C@@H](Cc1ccc(O)cc1)NC(=O)[C@@H](N)Cc1ccc(O)cc1)C(=O)O. The minimum atomic E-state index is -1.68. The van der Waals surface area contributed by atoms with Gasteiger partial charge >= 0.3 is 5.97 Å². The summed E-state index contributed by atoms with van der Waals surface area (Å²) in [5.74, 6) is -9.91. The molecule has 0 aromatic heterocycles. The molecule has 28 heteroatoms. The van der Waals surface area contributed by atoms with E-state index in [0.717, 1.165) is 0 Å². The molecule has 0 spiro atoms. The maximum atomic E-state index is 15.4. The zero-order chi connectivity index (χ0) is 76.4. The van der Waals surface area contributed by atoms with Gasteiger partial charge in [0.2, 0.25) is 47.3 Å². The Morgan fingerprint density at radius 2 is 0.406 bits per heavy atom. The lowest BCUT2D eigenvalue weighted by atomic mass is 9.99. The number of unbranched alkanes of at least 4 members (excludes halogenated alkanes) is 1.